The molecule has 37 heavy (non-hydrogen) atoms. The van der Waals surface area contributed by atoms with Crippen LogP contribution < -0.4 is 16.0 Å². The number of amides is 3. The van der Waals surface area contributed by atoms with Crippen molar-refractivity contribution in [1.82, 2.24) is 25.8 Å². The van der Waals surface area contributed by atoms with Crippen LogP contribution in [0.1, 0.15) is 48.8 Å². The molecule has 1 spiro atoms. The van der Waals surface area contributed by atoms with Crippen LogP contribution in [-0.2, 0) is 23.1 Å². The molecule has 3 amide bonds. The summed E-state index contributed by atoms with van der Waals surface area (Å²) in [4.78, 5) is 32.2. The number of benzene rings is 2. The fourth-order valence-electron chi connectivity index (χ4n) is 6.74. The van der Waals surface area contributed by atoms with Gasteiger partial charge in [-0.1, -0.05) is 42.5 Å². The van der Waals surface area contributed by atoms with Gasteiger partial charge in [-0.2, -0.15) is 0 Å². The van der Waals surface area contributed by atoms with Gasteiger partial charge in [0, 0.05) is 49.2 Å². The second kappa shape index (κ2) is 10.2. The Morgan fingerprint density at radius 1 is 1.05 bits per heavy atom. The van der Waals surface area contributed by atoms with E-state index in [9.17, 15) is 9.59 Å². The van der Waals surface area contributed by atoms with E-state index in [4.69, 9.17) is 0 Å². The zero-order chi connectivity index (χ0) is 25.2. The minimum Gasteiger partial charge on any atom is -0.361 e. The number of nitrogens with zero attached hydrogens (tertiary/aromatic N) is 1. The first kappa shape index (κ1) is 24.0. The van der Waals surface area contributed by atoms with E-state index in [1.54, 1.807) is 0 Å². The van der Waals surface area contributed by atoms with Crippen LogP contribution in [0.15, 0.2) is 54.7 Å². The number of aromatic nitrogens is 1. The lowest BCUT2D eigenvalue weighted by Gasteiger charge is -2.41. The molecule has 2 saturated heterocycles. The van der Waals surface area contributed by atoms with Crippen molar-refractivity contribution in [1.29, 1.82) is 0 Å². The number of carbonyl (C=O) groups is 2. The van der Waals surface area contributed by atoms with Crippen molar-refractivity contribution in [2.75, 3.05) is 26.2 Å². The third-order valence-corrected chi connectivity index (χ3v) is 8.83. The van der Waals surface area contributed by atoms with E-state index >= 15 is 0 Å². The summed E-state index contributed by atoms with van der Waals surface area (Å²) in [6, 6.07) is 16.1. The Balaban J connectivity index is 1.18. The number of hydrogen-bond acceptors (Lipinski definition) is 3. The fraction of sp³-hybridized carbons (Fsp3) is 0.467. The van der Waals surface area contributed by atoms with Gasteiger partial charge in [-0.15, -0.1) is 0 Å². The van der Waals surface area contributed by atoms with Crippen molar-refractivity contribution in [3.63, 3.8) is 0 Å². The SMILES string of the molecule is O=C(NC(Cc1c[nH]c2ccccc12)C(=O)N1CCC2(CCc3ccccc32)CC1)N[C@@H]1CCCNC1. The van der Waals surface area contributed by atoms with Crippen LogP contribution in [0.2, 0.25) is 0 Å². The Kier molecular flexibility index (Phi) is 6.63. The summed E-state index contributed by atoms with van der Waals surface area (Å²) in [5.74, 6) is 0.0170. The van der Waals surface area contributed by atoms with E-state index in [1.165, 1.54) is 17.5 Å². The van der Waals surface area contributed by atoms with Crippen molar-refractivity contribution < 1.29 is 9.59 Å². The maximum atomic E-state index is 13.9. The summed E-state index contributed by atoms with van der Waals surface area (Å²) in [5.41, 5.74) is 5.23. The molecular formula is C30H37N5O2. The minimum atomic E-state index is -0.610. The summed E-state index contributed by atoms with van der Waals surface area (Å²) in [6.07, 6.45) is 8.69. The van der Waals surface area contributed by atoms with Crippen molar-refractivity contribution in [2.24, 2.45) is 0 Å². The molecule has 1 aromatic heterocycles. The lowest BCUT2D eigenvalue weighted by atomic mass is 9.74. The highest BCUT2D eigenvalue weighted by Gasteiger charge is 2.42. The van der Waals surface area contributed by atoms with E-state index < -0.39 is 6.04 Å². The molecule has 6 rings (SSSR count). The predicted molar refractivity (Wildman–Crippen MR) is 146 cm³/mol. The van der Waals surface area contributed by atoms with Crippen LogP contribution in [0.25, 0.3) is 10.9 Å². The average molecular weight is 500 g/mol. The quantitative estimate of drug-likeness (QED) is 0.432. The second-order valence-electron chi connectivity index (χ2n) is 11.0. The maximum Gasteiger partial charge on any atom is 0.315 e. The molecule has 3 aromatic rings. The highest BCUT2D eigenvalue weighted by atomic mass is 16.2. The molecule has 2 aliphatic heterocycles. The smallest absolute Gasteiger partial charge is 0.315 e. The first-order valence-corrected chi connectivity index (χ1v) is 13.8. The van der Waals surface area contributed by atoms with Crippen LogP contribution in [0, 0.1) is 0 Å². The molecule has 2 atom stereocenters. The molecule has 7 heteroatoms. The Morgan fingerprint density at radius 3 is 2.70 bits per heavy atom. The predicted octanol–water partition coefficient (Wildman–Crippen LogP) is 3.64. The molecule has 194 valence electrons. The molecule has 2 fully saturated rings. The van der Waals surface area contributed by atoms with Gasteiger partial charge in [-0.25, -0.2) is 4.79 Å². The largest absolute Gasteiger partial charge is 0.361 e. The summed E-state index contributed by atoms with van der Waals surface area (Å²) in [6.45, 7) is 3.22. The van der Waals surface area contributed by atoms with Crippen molar-refractivity contribution in [2.45, 2.75) is 62.4 Å². The monoisotopic (exact) mass is 499 g/mol. The summed E-state index contributed by atoms with van der Waals surface area (Å²) >= 11 is 0. The molecule has 7 nitrogen and oxygen atoms in total. The highest BCUT2D eigenvalue weighted by molar-refractivity contribution is 5.89. The van der Waals surface area contributed by atoms with Gasteiger partial charge in [0.25, 0.3) is 0 Å². The van der Waals surface area contributed by atoms with Crippen LogP contribution in [0.3, 0.4) is 0 Å². The van der Waals surface area contributed by atoms with Crippen molar-refractivity contribution in [3.8, 4) is 0 Å². The van der Waals surface area contributed by atoms with Crippen LogP contribution in [-0.4, -0.2) is 60.1 Å². The number of rotatable bonds is 5. The number of fused-ring (bicyclic) bond motifs is 3. The Morgan fingerprint density at radius 2 is 1.86 bits per heavy atom. The molecule has 3 aliphatic rings. The Labute approximate surface area is 218 Å². The molecular weight excluding hydrogens is 462 g/mol. The molecule has 2 aromatic carbocycles. The lowest BCUT2D eigenvalue weighted by Crippen LogP contribution is -2.57. The van der Waals surface area contributed by atoms with E-state index in [1.807, 2.05) is 29.3 Å². The number of aryl methyl sites for hydroxylation is 1. The summed E-state index contributed by atoms with van der Waals surface area (Å²) in [7, 11) is 0. The third kappa shape index (κ3) is 4.85. The second-order valence-corrected chi connectivity index (χ2v) is 11.0. The highest BCUT2D eigenvalue weighted by Crippen LogP contribution is 2.46. The zero-order valence-corrected chi connectivity index (χ0v) is 21.4. The van der Waals surface area contributed by atoms with Crippen LogP contribution in [0.5, 0.6) is 0 Å². The zero-order valence-electron chi connectivity index (χ0n) is 21.4. The van der Waals surface area contributed by atoms with E-state index in [-0.39, 0.29) is 23.4 Å². The van der Waals surface area contributed by atoms with Gasteiger partial charge in [-0.05, 0) is 73.2 Å². The molecule has 3 heterocycles. The third-order valence-electron chi connectivity index (χ3n) is 8.83. The topological polar surface area (TPSA) is 89.3 Å². The molecule has 0 radical (unpaired) electrons. The van der Waals surface area contributed by atoms with Crippen molar-refractivity contribution in [3.05, 3.63) is 71.4 Å². The summed E-state index contributed by atoms with van der Waals surface area (Å²) < 4.78 is 0. The normalized spacial score (nSPS) is 21.5. The van der Waals surface area contributed by atoms with Crippen molar-refractivity contribution >= 4 is 22.8 Å². The van der Waals surface area contributed by atoms with E-state index in [0.717, 1.165) is 74.7 Å². The first-order chi connectivity index (χ1) is 18.1. The Hall–Kier alpha value is -3.32. The Bertz CT molecular complexity index is 1270. The summed E-state index contributed by atoms with van der Waals surface area (Å²) in [5, 5.41) is 10.6. The van der Waals surface area contributed by atoms with Gasteiger partial charge in [-0.3, -0.25) is 4.79 Å². The number of aromatic amines is 1. The number of hydrogen-bond donors (Lipinski definition) is 4. The van der Waals surface area contributed by atoms with E-state index in [0.29, 0.717) is 6.42 Å². The molecule has 1 unspecified atom stereocenters. The maximum absolute atomic E-state index is 13.9. The molecule has 1 aliphatic carbocycles. The standard InChI is InChI=1S/C30H37N5O2/c36-28(35-16-13-30(14-17-35)12-11-21-6-1-3-9-25(21)30)27(34-29(37)33-23-7-5-15-31-20-23)18-22-19-32-26-10-4-2-8-24(22)26/h1-4,6,8-10,19,23,27,31-32H,5,7,11-18,20H2,(H2,33,34,37)/t23-,27?/m1/s1. The number of likely N-dealkylation sites (tertiary alicyclic amines) is 1. The first-order valence-electron chi connectivity index (χ1n) is 13.8. The fourth-order valence-corrected chi connectivity index (χ4v) is 6.74. The molecule has 4 N–H and O–H groups in total. The number of H-pyrrole nitrogens is 1. The van der Waals surface area contributed by atoms with Crippen LogP contribution >= 0.6 is 0 Å². The average Bonchev–Trinajstić information content (AvgIpc) is 3.51. The number of carbonyl (C=O) groups excluding carboxylic acids is 2. The van der Waals surface area contributed by atoms with Crippen LogP contribution in [0.4, 0.5) is 4.79 Å². The molecule has 0 bridgehead atoms. The number of para-hydroxylation sites is 1. The minimum absolute atomic E-state index is 0.0170. The van der Waals surface area contributed by atoms with Gasteiger partial charge in [0.05, 0.1) is 0 Å². The van der Waals surface area contributed by atoms with Gasteiger partial charge >= 0.3 is 6.03 Å². The van der Waals surface area contributed by atoms with Gasteiger partial charge in [0.15, 0.2) is 0 Å². The van der Waals surface area contributed by atoms with E-state index in [2.05, 4.69) is 51.3 Å². The number of urea groups is 1. The van der Waals surface area contributed by atoms with Gasteiger partial charge in [0.1, 0.15) is 6.04 Å². The van der Waals surface area contributed by atoms with Gasteiger partial charge in [0.2, 0.25) is 5.91 Å². The number of piperidine rings is 2. The number of nitrogens with one attached hydrogen (secondary N) is 4. The lowest BCUT2D eigenvalue weighted by molar-refractivity contribution is -0.134. The van der Waals surface area contributed by atoms with Gasteiger partial charge < -0.3 is 25.8 Å². The molecule has 0 saturated carbocycles.